The second-order valence-electron chi connectivity index (χ2n) is 6.11. The van der Waals surface area contributed by atoms with Gasteiger partial charge in [0.15, 0.2) is 6.61 Å². The summed E-state index contributed by atoms with van der Waals surface area (Å²) in [5.41, 5.74) is -0.0187. The van der Waals surface area contributed by atoms with Gasteiger partial charge in [0.05, 0.1) is 6.61 Å². The summed E-state index contributed by atoms with van der Waals surface area (Å²) in [4.78, 5) is 49.4. The van der Waals surface area contributed by atoms with E-state index in [0.29, 0.717) is 18.5 Å². The van der Waals surface area contributed by atoms with Crippen molar-refractivity contribution in [1.82, 2.24) is 4.90 Å². The lowest BCUT2D eigenvalue weighted by Gasteiger charge is -2.33. The molecule has 0 N–H and O–H groups in total. The zero-order valence-electron chi connectivity index (χ0n) is 15.2. The minimum Gasteiger partial charge on any atom is -0.464 e. The fourth-order valence-corrected chi connectivity index (χ4v) is 3.06. The van der Waals surface area contributed by atoms with E-state index in [-0.39, 0.29) is 17.9 Å². The first-order chi connectivity index (χ1) is 12.3. The van der Waals surface area contributed by atoms with Crippen molar-refractivity contribution in [3.05, 3.63) is 33.4 Å². The van der Waals surface area contributed by atoms with Gasteiger partial charge in [0.2, 0.25) is 0 Å². The number of hydrogen-bond donors (Lipinski definition) is 0. The van der Waals surface area contributed by atoms with Crippen molar-refractivity contribution in [2.24, 2.45) is 0 Å². The molecule has 1 unspecified atom stereocenters. The van der Waals surface area contributed by atoms with Crippen LogP contribution in [-0.4, -0.2) is 48.5 Å². The Morgan fingerprint density at radius 1 is 1.23 bits per heavy atom. The highest BCUT2D eigenvalue weighted by Gasteiger charge is 2.33. The average Bonchev–Trinajstić information content (AvgIpc) is 2.59. The van der Waals surface area contributed by atoms with E-state index in [1.165, 1.54) is 17.9 Å². The van der Waals surface area contributed by atoms with Crippen LogP contribution < -0.4 is 5.63 Å². The molecule has 1 saturated heterocycles. The van der Waals surface area contributed by atoms with Crippen molar-refractivity contribution in [3.63, 3.8) is 0 Å². The van der Waals surface area contributed by atoms with E-state index in [4.69, 9.17) is 13.9 Å². The highest BCUT2D eigenvalue weighted by Crippen LogP contribution is 2.19. The van der Waals surface area contributed by atoms with E-state index in [1.807, 2.05) is 0 Å². The third kappa shape index (κ3) is 4.50. The summed E-state index contributed by atoms with van der Waals surface area (Å²) >= 11 is 0. The quantitative estimate of drug-likeness (QED) is 0.726. The van der Waals surface area contributed by atoms with E-state index in [2.05, 4.69) is 0 Å². The molecule has 0 spiro atoms. The van der Waals surface area contributed by atoms with Gasteiger partial charge in [-0.25, -0.2) is 14.4 Å². The molecule has 2 rings (SSSR count). The molecule has 0 aliphatic carbocycles. The Labute approximate surface area is 151 Å². The maximum absolute atomic E-state index is 12.4. The molecule has 0 radical (unpaired) electrons. The molecule has 1 aliphatic heterocycles. The Morgan fingerprint density at radius 3 is 2.62 bits per heavy atom. The van der Waals surface area contributed by atoms with E-state index in [9.17, 15) is 19.2 Å². The van der Waals surface area contributed by atoms with Gasteiger partial charge < -0.3 is 18.8 Å². The molecule has 1 amide bonds. The molecule has 1 aliphatic rings. The number of aryl methyl sites for hydroxylation is 2. The topological polar surface area (TPSA) is 103 Å². The van der Waals surface area contributed by atoms with E-state index in [1.54, 1.807) is 13.8 Å². The number of carbonyl (C=O) groups is 3. The molecule has 26 heavy (non-hydrogen) atoms. The monoisotopic (exact) mass is 365 g/mol. The smallest absolute Gasteiger partial charge is 0.342 e. The number of ether oxygens (including phenoxy) is 2. The number of carbonyl (C=O) groups excluding carboxylic acids is 3. The lowest BCUT2D eigenvalue weighted by molar-refractivity contribution is -0.157. The van der Waals surface area contributed by atoms with Crippen LogP contribution >= 0.6 is 0 Å². The molecule has 8 heteroatoms. The Bertz CT molecular complexity index is 726. The third-order valence-electron chi connectivity index (χ3n) is 4.25. The zero-order chi connectivity index (χ0) is 19.3. The van der Waals surface area contributed by atoms with Gasteiger partial charge in [0.25, 0.3) is 5.91 Å². The normalized spacial score (nSPS) is 16.9. The van der Waals surface area contributed by atoms with Gasteiger partial charge in [-0.15, -0.1) is 0 Å². The summed E-state index contributed by atoms with van der Waals surface area (Å²) in [7, 11) is 0. The van der Waals surface area contributed by atoms with Crippen LogP contribution in [0.25, 0.3) is 0 Å². The standard InChI is InChI=1S/C18H23NO7/c1-4-24-17(22)13-7-5-6-8-19(13)14(20)10-25-18(23)16-11(2)9-15(21)26-12(16)3/h9,13H,4-8,10H2,1-3H3. The second-order valence-corrected chi connectivity index (χ2v) is 6.11. The lowest BCUT2D eigenvalue weighted by atomic mass is 10.0. The number of hydrogen-bond acceptors (Lipinski definition) is 7. The largest absolute Gasteiger partial charge is 0.464 e. The van der Waals surface area contributed by atoms with E-state index < -0.39 is 36.1 Å². The van der Waals surface area contributed by atoms with Crippen molar-refractivity contribution >= 4 is 17.8 Å². The van der Waals surface area contributed by atoms with Crippen molar-refractivity contribution in [3.8, 4) is 0 Å². The number of rotatable bonds is 5. The van der Waals surface area contributed by atoms with E-state index >= 15 is 0 Å². The average molecular weight is 365 g/mol. The fourth-order valence-electron chi connectivity index (χ4n) is 3.06. The molecule has 142 valence electrons. The minimum absolute atomic E-state index is 0.123. The molecule has 2 heterocycles. The SMILES string of the molecule is CCOC(=O)C1CCCCN1C(=O)COC(=O)c1c(C)cc(=O)oc1C. The van der Waals surface area contributed by atoms with Crippen molar-refractivity contribution in [2.45, 2.75) is 46.1 Å². The zero-order valence-corrected chi connectivity index (χ0v) is 15.2. The maximum atomic E-state index is 12.4. The summed E-state index contributed by atoms with van der Waals surface area (Å²) in [5.74, 6) is -1.51. The first-order valence-corrected chi connectivity index (χ1v) is 8.59. The van der Waals surface area contributed by atoms with Gasteiger partial charge in [-0.05, 0) is 45.6 Å². The number of nitrogens with zero attached hydrogens (tertiary/aromatic N) is 1. The molecule has 0 aromatic carbocycles. The van der Waals surface area contributed by atoms with Crippen LogP contribution in [0.3, 0.4) is 0 Å². The number of piperidine rings is 1. The van der Waals surface area contributed by atoms with Crippen LogP contribution in [0.4, 0.5) is 0 Å². The Balaban J connectivity index is 2.04. The van der Waals surface area contributed by atoms with Crippen molar-refractivity contribution in [2.75, 3.05) is 19.8 Å². The molecular formula is C18H23NO7. The minimum atomic E-state index is -0.748. The molecular weight excluding hydrogens is 342 g/mol. The van der Waals surface area contributed by atoms with Gasteiger partial charge >= 0.3 is 17.6 Å². The van der Waals surface area contributed by atoms with Gasteiger partial charge in [0, 0.05) is 12.6 Å². The summed E-state index contributed by atoms with van der Waals surface area (Å²) in [6, 6.07) is 0.542. The van der Waals surface area contributed by atoms with Crippen LogP contribution in [0.5, 0.6) is 0 Å². The lowest BCUT2D eigenvalue weighted by Crippen LogP contribution is -2.50. The molecule has 1 atom stereocenters. The van der Waals surface area contributed by atoms with Gasteiger partial charge in [-0.2, -0.15) is 0 Å². The fraction of sp³-hybridized carbons (Fsp3) is 0.556. The van der Waals surface area contributed by atoms with Crippen LogP contribution in [-0.2, 0) is 19.1 Å². The molecule has 0 saturated carbocycles. The predicted molar refractivity (Wildman–Crippen MR) is 90.7 cm³/mol. The third-order valence-corrected chi connectivity index (χ3v) is 4.25. The number of amides is 1. The summed E-state index contributed by atoms with van der Waals surface area (Å²) < 4.78 is 15.0. The van der Waals surface area contributed by atoms with E-state index in [0.717, 1.165) is 12.8 Å². The summed E-state index contributed by atoms with van der Waals surface area (Å²) in [5, 5.41) is 0. The highest BCUT2D eigenvalue weighted by molar-refractivity contribution is 5.94. The number of esters is 2. The molecule has 8 nitrogen and oxygen atoms in total. The molecule has 1 aromatic heterocycles. The van der Waals surface area contributed by atoms with Crippen LogP contribution in [0.2, 0.25) is 0 Å². The summed E-state index contributed by atoms with van der Waals surface area (Å²) in [6.45, 7) is 4.94. The predicted octanol–water partition coefficient (Wildman–Crippen LogP) is 1.36. The van der Waals surface area contributed by atoms with Gasteiger partial charge in [-0.1, -0.05) is 0 Å². The van der Waals surface area contributed by atoms with Gasteiger partial charge in [-0.3, -0.25) is 4.79 Å². The Hall–Kier alpha value is -2.64. The molecule has 1 fully saturated rings. The van der Waals surface area contributed by atoms with Gasteiger partial charge in [0.1, 0.15) is 17.4 Å². The maximum Gasteiger partial charge on any atom is 0.342 e. The summed E-state index contributed by atoms with van der Waals surface area (Å²) in [6.07, 6.45) is 2.13. The van der Waals surface area contributed by atoms with Crippen molar-refractivity contribution < 1.29 is 28.3 Å². The Morgan fingerprint density at radius 2 is 1.96 bits per heavy atom. The highest BCUT2D eigenvalue weighted by atomic mass is 16.5. The Kier molecular flexibility index (Phi) is 6.54. The second kappa shape index (κ2) is 8.64. The van der Waals surface area contributed by atoms with Crippen molar-refractivity contribution in [1.29, 1.82) is 0 Å². The van der Waals surface area contributed by atoms with Crippen LogP contribution in [0.1, 0.15) is 47.9 Å². The number of likely N-dealkylation sites (tertiary alicyclic amines) is 1. The van der Waals surface area contributed by atoms with Crippen LogP contribution in [0.15, 0.2) is 15.3 Å². The molecule has 0 bridgehead atoms. The van der Waals surface area contributed by atoms with Crippen LogP contribution in [0, 0.1) is 13.8 Å². The first-order valence-electron chi connectivity index (χ1n) is 8.59. The molecule has 1 aromatic rings. The first kappa shape index (κ1) is 19.7.